The molecule has 0 aliphatic carbocycles. The number of carbonyl (C=O) groups excluding carboxylic acids is 2. The van der Waals surface area contributed by atoms with E-state index in [4.69, 9.17) is 4.74 Å². The first-order valence-corrected chi connectivity index (χ1v) is 15.0. The fourth-order valence-electron chi connectivity index (χ4n) is 5.41. The second kappa shape index (κ2) is 15.1. The van der Waals surface area contributed by atoms with Crippen molar-refractivity contribution in [2.75, 3.05) is 18.0 Å². The second-order valence-electron chi connectivity index (χ2n) is 11.0. The van der Waals surface area contributed by atoms with Crippen LogP contribution in [0.25, 0.3) is 0 Å². The van der Waals surface area contributed by atoms with Crippen molar-refractivity contribution in [3.8, 4) is 11.5 Å². The van der Waals surface area contributed by atoms with E-state index in [0.717, 1.165) is 61.2 Å². The summed E-state index contributed by atoms with van der Waals surface area (Å²) in [6.07, 6.45) is 12.6. The SMILES string of the molecule is CC(=O)N1CCCCCCCN(Cc2cccnc2)Cc2cc(C(=O)NCc3ccc(Oc4cccnc4)cc3)ccc21. The zero-order valence-electron chi connectivity index (χ0n) is 24.7. The Balaban J connectivity index is 1.32. The molecule has 0 fully saturated rings. The van der Waals surface area contributed by atoms with Gasteiger partial charge in [0.15, 0.2) is 0 Å². The van der Waals surface area contributed by atoms with Gasteiger partial charge in [0, 0.05) is 62.9 Å². The van der Waals surface area contributed by atoms with Crippen molar-refractivity contribution in [3.05, 3.63) is 114 Å². The molecule has 0 radical (unpaired) electrons. The minimum Gasteiger partial charge on any atom is -0.456 e. The van der Waals surface area contributed by atoms with Crippen LogP contribution in [-0.2, 0) is 24.4 Å². The predicted octanol–water partition coefficient (Wildman–Crippen LogP) is 6.52. The molecular formula is C35H39N5O3. The van der Waals surface area contributed by atoms with Gasteiger partial charge in [-0.3, -0.25) is 24.5 Å². The number of pyridine rings is 2. The summed E-state index contributed by atoms with van der Waals surface area (Å²) in [7, 11) is 0. The summed E-state index contributed by atoms with van der Waals surface area (Å²) in [5.41, 5.74) is 4.54. The number of nitrogens with zero attached hydrogens (tertiary/aromatic N) is 4. The lowest BCUT2D eigenvalue weighted by Gasteiger charge is -2.29. The van der Waals surface area contributed by atoms with Gasteiger partial charge < -0.3 is 15.0 Å². The summed E-state index contributed by atoms with van der Waals surface area (Å²) in [5, 5.41) is 3.05. The predicted molar refractivity (Wildman–Crippen MR) is 168 cm³/mol. The lowest BCUT2D eigenvalue weighted by Crippen LogP contribution is -2.33. The first kappa shape index (κ1) is 29.9. The van der Waals surface area contributed by atoms with Crippen LogP contribution in [-0.4, -0.2) is 39.8 Å². The quantitative estimate of drug-likeness (QED) is 0.269. The molecule has 4 aromatic rings. The third kappa shape index (κ3) is 8.72. The summed E-state index contributed by atoms with van der Waals surface area (Å²) < 4.78 is 5.82. The van der Waals surface area contributed by atoms with Crippen molar-refractivity contribution in [1.29, 1.82) is 0 Å². The maximum Gasteiger partial charge on any atom is 0.251 e. The average Bonchev–Trinajstić information content (AvgIpc) is 3.02. The highest BCUT2D eigenvalue weighted by molar-refractivity contribution is 5.97. The van der Waals surface area contributed by atoms with Crippen LogP contribution in [0.1, 0.15) is 66.1 Å². The van der Waals surface area contributed by atoms with Crippen molar-refractivity contribution in [2.45, 2.75) is 58.7 Å². The smallest absolute Gasteiger partial charge is 0.251 e. The van der Waals surface area contributed by atoms with E-state index < -0.39 is 0 Å². The summed E-state index contributed by atoms with van der Waals surface area (Å²) in [6.45, 7) is 5.01. The summed E-state index contributed by atoms with van der Waals surface area (Å²) in [4.78, 5) is 38.7. The molecule has 1 aliphatic rings. The fourth-order valence-corrected chi connectivity index (χ4v) is 5.41. The van der Waals surface area contributed by atoms with Crippen LogP contribution in [0.4, 0.5) is 5.69 Å². The molecule has 0 atom stereocenters. The van der Waals surface area contributed by atoms with Gasteiger partial charge in [-0.1, -0.05) is 37.5 Å². The Morgan fingerprint density at radius 2 is 1.56 bits per heavy atom. The monoisotopic (exact) mass is 577 g/mol. The number of carbonyl (C=O) groups is 2. The Hall–Kier alpha value is -4.56. The molecule has 8 nitrogen and oxygen atoms in total. The van der Waals surface area contributed by atoms with E-state index in [1.165, 1.54) is 6.42 Å². The van der Waals surface area contributed by atoms with Gasteiger partial charge in [-0.25, -0.2) is 0 Å². The van der Waals surface area contributed by atoms with E-state index in [2.05, 4.69) is 26.3 Å². The third-order valence-electron chi connectivity index (χ3n) is 7.64. The molecule has 2 amide bonds. The molecule has 8 heteroatoms. The maximum absolute atomic E-state index is 13.3. The molecule has 1 N–H and O–H groups in total. The van der Waals surface area contributed by atoms with E-state index in [0.29, 0.717) is 36.7 Å². The highest BCUT2D eigenvalue weighted by Crippen LogP contribution is 2.27. The van der Waals surface area contributed by atoms with E-state index in [1.54, 1.807) is 25.5 Å². The normalized spacial score (nSPS) is 14.6. The third-order valence-corrected chi connectivity index (χ3v) is 7.64. The van der Waals surface area contributed by atoms with Gasteiger partial charge in [-0.2, -0.15) is 0 Å². The molecule has 0 bridgehead atoms. The molecule has 2 aromatic heterocycles. The van der Waals surface area contributed by atoms with Crippen LogP contribution < -0.4 is 15.0 Å². The van der Waals surface area contributed by atoms with Crippen LogP contribution in [0.15, 0.2) is 91.5 Å². The van der Waals surface area contributed by atoms with Gasteiger partial charge >= 0.3 is 0 Å². The van der Waals surface area contributed by atoms with Crippen LogP contribution in [0, 0.1) is 0 Å². The number of hydrogen-bond acceptors (Lipinski definition) is 6. The minimum atomic E-state index is -0.155. The van der Waals surface area contributed by atoms with E-state index in [-0.39, 0.29) is 11.8 Å². The number of amides is 2. The van der Waals surface area contributed by atoms with Gasteiger partial charge in [0.05, 0.1) is 6.20 Å². The second-order valence-corrected chi connectivity index (χ2v) is 11.0. The molecule has 222 valence electrons. The van der Waals surface area contributed by atoms with E-state index in [9.17, 15) is 9.59 Å². The molecule has 2 aromatic carbocycles. The molecule has 3 heterocycles. The van der Waals surface area contributed by atoms with Crippen molar-refractivity contribution in [1.82, 2.24) is 20.2 Å². The van der Waals surface area contributed by atoms with Crippen LogP contribution in [0.2, 0.25) is 0 Å². The van der Waals surface area contributed by atoms with E-state index >= 15 is 0 Å². The number of aromatic nitrogens is 2. The van der Waals surface area contributed by atoms with Gasteiger partial charge in [0.25, 0.3) is 5.91 Å². The van der Waals surface area contributed by atoms with Crippen LogP contribution in [0.3, 0.4) is 0 Å². The zero-order valence-corrected chi connectivity index (χ0v) is 24.7. The first-order chi connectivity index (χ1) is 21.0. The number of rotatable bonds is 7. The van der Waals surface area contributed by atoms with Gasteiger partial charge in [-0.15, -0.1) is 0 Å². The molecule has 0 spiro atoms. The standard InChI is InChI=1S/C35H39N5O3/c1-27(41)40-20-6-4-2-3-5-19-39(25-29-9-7-17-36-22-29)26-31-21-30(13-16-34(31)40)35(42)38-23-28-11-14-32(15-12-28)43-33-10-8-18-37-24-33/h7-18,21-22,24H,2-6,19-20,23,25-26H2,1H3,(H,38,42). The van der Waals surface area contributed by atoms with Gasteiger partial charge in [0.2, 0.25) is 5.91 Å². The number of hydrogen-bond donors (Lipinski definition) is 1. The summed E-state index contributed by atoms with van der Waals surface area (Å²) in [5.74, 6) is 1.24. The van der Waals surface area contributed by atoms with Crippen molar-refractivity contribution in [3.63, 3.8) is 0 Å². The van der Waals surface area contributed by atoms with Crippen molar-refractivity contribution < 1.29 is 14.3 Å². The summed E-state index contributed by atoms with van der Waals surface area (Å²) >= 11 is 0. The fraction of sp³-hybridized carbons (Fsp3) is 0.314. The first-order valence-electron chi connectivity index (χ1n) is 15.0. The molecule has 1 aliphatic heterocycles. The maximum atomic E-state index is 13.3. The molecule has 5 rings (SSSR count). The van der Waals surface area contributed by atoms with Crippen molar-refractivity contribution in [2.24, 2.45) is 0 Å². The minimum absolute atomic E-state index is 0.0188. The zero-order chi connectivity index (χ0) is 29.9. The lowest BCUT2D eigenvalue weighted by molar-refractivity contribution is -0.116. The number of benzene rings is 2. The molecule has 0 saturated carbocycles. The molecule has 0 saturated heterocycles. The number of nitrogens with one attached hydrogen (secondary N) is 1. The highest BCUT2D eigenvalue weighted by Gasteiger charge is 2.20. The highest BCUT2D eigenvalue weighted by atomic mass is 16.5. The summed E-state index contributed by atoms with van der Waals surface area (Å²) in [6, 6.07) is 21.1. The molecule has 43 heavy (non-hydrogen) atoms. The Labute approximate surface area is 253 Å². The van der Waals surface area contributed by atoms with Gasteiger partial charge in [-0.05, 0) is 84.6 Å². The van der Waals surface area contributed by atoms with Gasteiger partial charge in [0.1, 0.15) is 11.5 Å². The van der Waals surface area contributed by atoms with E-state index in [1.807, 2.05) is 71.8 Å². The number of anilines is 1. The number of ether oxygens (including phenoxy) is 1. The Kier molecular flexibility index (Phi) is 10.5. The Bertz CT molecular complexity index is 1480. The number of fused-ring (bicyclic) bond motifs is 1. The van der Waals surface area contributed by atoms with Crippen LogP contribution >= 0.6 is 0 Å². The lowest BCUT2D eigenvalue weighted by atomic mass is 10.0. The Morgan fingerprint density at radius 3 is 2.28 bits per heavy atom. The van der Waals surface area contributed by atoms with Crippen LogP contribution in [0.5, 0.6) is 11.5 Å². The largest absolute Gasteiger partial charge is 0.456 e. The molecular weight excluding hydrogens is 538 g/mol. The van der Waals surface area contributed by atoms with Crippen molar-refractivity contribution >= 4 is 17.5 Å². The Morgan fingerprint density at radius 1 is 0.814 bits per heavy atom. The average molecular weight is 578 g/mol. The topological polar surface area (TPSA) is 87.7 Å². The molecule has 0 unspecified atom stereocenters.